The summed E-state index contributed by atoms with van der Waals surface area (Å²) in [6, 6.07) is 22.9. The third kappa shape index (κ3) is 3.85. The van der Waals surface area contributed by atoms with Gasteiger partial charge in [-0.05, 0) is 23.9 Å². The molecule has 0 N–H and O–H groups in total. The van der Waals surface area contributed by atoms with Crippen molar-refractivity contribution in [2.75, 3.05) is 0 Å². The summed E-state index contributed by atoms with van der Waals surface area (Å²) in [6.45, 7) is 6.71. The Balaban J connectivity index is 0.000000774. The smallest absolute Gasteiger partial charge is 0.127 e. The first-order valence-corrected chi connectivity index (χ1v) is 7.49. The molecule has 0 aromatic heterocycles. The van der Waals surface area contributed by atoms with Crippen molar-refractivity contribution in [3.63, 3.8) is 0 Å². The highest BCUT2D eigenvalue weighted by Crippen LogP contribution is 2.25. The molecule has 0 saturated heterocycles. The van der Waals surface area contributed by atoms with Gasteiger partial charge in [0.05, 0.1) is 0 Å². The molecule has 0 amide bonds. The van der Waals surface area contributed by atoms with E-state index in [-0.39, 0.29) is 0 Å². The molecule has 1 heteroatoms. The van der Waals surface area contributed by atoms with E-state index < -0.39 is 0 Å². The highest BCUT2D eigenvalue weighted by atomic mass is 16.5. The van der Waals surface area contributed by atoms with Crippen molar-refractivity contribution < 1.29 is 4.74 Å². The Morgan fingerprint density at radius 3 is 2.33 bits per heavy atom. The maximum atomic E-state index is 5.96. The quantitative estimate of drug-likeness (QED) is 0.592. The van der Waals surface area contributed by atoms with Crippen LogP contribution in [0.25, 0.3) is 10.8 Å². The molecular weight excluding hydrogens is 256 g/mol. The second kappa shape index (κ2) is 7.49. The first-order chi connectivity index (χ1) is 10.3. The van der Waals surface area contributed by atoms with Crippen LogP contribution in [0.2, 0.25) is 0 Å². The SMILES string of the molecule is CC.Cc1cccc(COc2cccc3ccccc23)c1. The summed E-state index contributed by atoms with van der Waals surface area (Å²) in [5.41, 5.74) is 2.46. The average Bonchev–Trinajstić information content (AvgIpc) is 2.55. The van der Waals surface area contributed by atoms with E-state index >= 15 is 0 Å². The molecular formula is C20H22O. The van der Waals surface area contributed by atoms with E-state index in [2.05, 4.69) is 49.4 Å². The second-order valence-electron chi connectivity index (χ2n) is 4.76. The van der Waals surface area contributed by atoms with E-state index in [4.69, 9.17) is 4.74 Å². The standard InChI is InChI=1S/C18H16O.C2H6/c1-14-6-4-7-15(12-14)13-19-18-11-5-9-16-8-2-3-10-17(16)18;1-2/h2-12H,13H2,1H3;1-2H3. The lowest BCUT2D eigenvalue weighted by Gasteiger charge is -2.09. The molecule has 108 valence electrons. The van der Waals surface area contributed by atoms with Gasteiger partial charge in [0.25, 0.3) is 0 Å². The van der Waals surface area contributed by atoms with Crippen LogP contribution in [0.5, 0.6) is 5.75 Å². The van der Waals surface area contributed by atoms with Gasteiger partial charge < -0.3 is 4.74 Å². The van der Waals surface area contributed by atoms with E-state index in [1.807, 2.05) is 38.1 Å². The van der Waals surface area contributed by atoms with Crippen molar-refractivity contribution in [1.29, 1.82) is 0 Å². The van der Waals surface area contributed by atoms with Gasteiger partial charge in [0.1, 0.15) is 12.4 Å². The maximum absolute atomic E-state index is 5.96. The van der Waals surface area contributed by atoms with E-state index in [1.165, 1.54) is 16.5 Å². The van der Waals surface area contributed by atoms with Crippen molar-refractivity contribution in [1.82, 2.24) is 0 Å². The lowest BCUT2D eigenvalue weighted by atomic mass is 10.1. The van der Waals surface area contributed by atoms with Gasteiger partial charge in [-0.15, -0.1) is 0 Å². The summed E-state index contributed by atoms with van der Waals surface area (Å²) in [5, 5.41) is 2.38. The van der Waals surface area contributed by atoms with Gasteiger partial charge in [0.15, 0.2) is 0 Å². The zero-order valence-electron chi connectivity index (χ0n) is 13.0. The summed E-state index contributed by atoms with van der Waals surface area (Å²) < 4.78 is 5.96. The molecule has 3 aromatic carbocycles. The number of benzene rings is 3. The van der Waals surface area contributed by atoms with Crippen LogP contribution >= 0.6 is 0 Å². The number of hydrogen-bond donors (Lipinski definition) is 0. The van der Waals surface area contributed by atoms with Crippen LogP contribution in [-0.2, 0) is 6.61 Å². The summed E-state index contributed by atoms with van der Waals surface area (Å²) >= 11 is 0. The van der Waals surface area contributed by atoms with Crippen molar-refractivity contribution in [3.05, 3.63) is 77.9 Å². The Labute approximate surface area is 127 Å². The van der Waals surface area contributed by atoms with Crippen LogP contribution in [0, 0.1) is 6.92 Å². The number of fused-ring (bicyclic) bond motifs is 1. The van der Waals surface area contributed by atoms with Gasteiger partial charge in [-0.25, -0.2) is 0 Å². The predicted octanol–water partition coefficient (Wildman–Crippen LogP) is 5.75. The molecule has 0 heterocycles. The number of rotatable bonds is 3. The van der Waals surface area contributed by atoms with Crippen LogP contribution < -0.4 is 4.74 Å². The summed E-state index contributed by atoms with van der Waals surface area (Å²) in [4.78, 5) is 0. The third-order valence-corrected chi connectivity index (χ3v) is 3.23. The lowest BCUT2D eigenvalue weighted by molar-refractivity contribution is 0.310. The molecule has 0 aliphatic rings. The highest BCUT2D eigenvalue weighted by Gasteiger charge is 2.01. The van der Waals surface area contributed by atoms with Crippen molar-refractivity contribution in [2.45, 2.75) is 27.4 Å². The van der Waals surface area contributed by atoms with Gasteiger partial charge in [-0.3, -0.25) is 0 Å². The van der Waals surface area contributed by atoms with E-state index in [1.54, 1.807) is 0 Å². The van der Waals surface area contributed by atoms with E-state index in [9.17, 15) is 0 Å². The topological polar surface area (TPSA) is 9.23 Å². The zero-order chi connectivity index (χ0) is 15.1. The fraction of sp³-hybridized carbons (Fsp3) is 0.200. The van der Waals surface area contributed by atoms with Crippen LogP contribution in [0.4, 0.5) is 0 Å². The fourth-order valence-electron chi connectivity index (χ4n) is 2.28. The largest absolute Gasteiger partial charge is 0.488 e. The molecule has 0 radical (unpaired) electrons. The van der Waals surface area contributed by atoms with Crippen LogP contribution in [0.15, 0.2) is 66.7 Å². The zero-order valence-corrected chi connectivity index (χ0v) is 13.0. The minimum atomic E-state index is 0.607. The van der Waals surface area contributed by atoms with Gasteiger partial charge in [-0.2, -0.15) is 0 Å². The third-order valence-electron chi connectivity index (χ3n) is 3.23. The van der Waals surface area contributed by atoms with Gasteiger partial charge in [0, 0.05) is 5.39 Å². The van der Waals surface area contributed by atoms with Gasteiger partial charge in [-0.1, -0.05) is 80.1 Å². The summed E-state index contributed by atoms with van der Waals surface area (Å²) in [5.74, 6) is 0.944. The maximum Gasteiger partial charge on any atom is 0.127 e. The van der Waals surface area contributed by atoms with E-state index in [0.29, 0.717) is 6.61 Å². The average molecular weight is 278 g/mol. The Bertz CT molecular complexity index is 696. The molecule has 0 spiro atoms. The first kappa shape index (κ1) is 15.1. The number of ether oxygens (including phenoxy) is 1. The lowest BCUT2D eigenvalue weighted by Crippen LogP contribution is -1.96. The Morgan fingerprint density at radius 1 is 0.810 bits per heavy atom. The Hall–Kier alpha value is -2.28. The molecule has 0 bridgehead atoms. The molecule has 0 fully saturated rings. The van der Waals surface area contributed by atoms with Crippen molar-refractivity contribution in [3.8, 4) is 5.75 Å². The molecule has 21 heavy (non-hydrogen) atoms. The van der Waals surface area contributed by atoms with Crippen LogP contribution in [0.3, 0.4) is 0 Å². The minimum absolute atomic E-state index is 0.607. The van der Waals surface area contributed by atoms with Crippen molar-refractivity contribution >= 4 is 10.8 Å². The molecule has 3 rings (SSSR count). The van der Waals surface area contributed by atoms with Crippen LogP contribution in [-0.4, -0.2) is 0 Å². The van der Waals surface area contributed by atoms with Gasteiger partial charge >= 0.3 is 0 Å². The molecule has 3 aromatic rings. The monoisotopic (exact) mass is 278 g/mol. The van der Waals surface area contributed by atoms with Gasteiger partial charge in [0.2, 0.25) is 0 Å². The molecule has 0 aliphatic heterocycles. The molecule has 0 unspecified atom stereocenters. The highest BCUT2D eigenvalue weighted by molar-refractivity contribution is 5.88. The van der Waals surface area contributed by atoms with Crippen molar-refractivity contribution in [2.24, 2.45) is 0 Å². The van der Waals surface area contributed by atoms with Crippen LogP contribution in [0.1, 0.15) is 25.0 Å². The second-order valence-corrected chi connectivity index (χ2v) is 4.76. The molecule has 0 aliphatic carbocycles. The molecule has 0 atom stereocenters. The number of aryl methyl sites for hydroxylation is 1. The molecule has 0 saturated carbocycles. The summed E-state index contributed by atoms with van der Waals surface area (Å²) in [7, 11) is 0. The number of hydrogen-bond acceptors (Lipinski definition) is 1. The molecule has 1 nitrogen and oxygen atoms in total. The Morgan fingerprint density at radius 2 is 1.52 bits per heavy atom. The normalized spacial score (nSPS) is 9.86. The first-order valence-electron chi connectivity index (χ1n) is 7.49. The van der Waals surface area contributed by atoms with E-state index in [0.717, 1.165) is 11.1 Å². The predicted molar refractivity (Wildman–Crippen MR) is 90.8 cm³/mol. The Kier molecular flexibility index (Phi) is 5.39. The summed E-state index contributed by atoms with van der Waals surface area (Å²) in [6.07, 6.45) is 0. The minimum Gasteiger partial charge on any atom is -0.488 e. The fourth-order valence-corrected chi connectivity index (χ4v) is 2.28.